The van der Waals surface area contributed by atoms with Crippen molar-refractivity contribution >= 4 is 11.6 Å². The number of aryl methyl sites for hydroxylation is 1. The van der Waals surface area contributed by atoms with Gasteiger partial charge in [0.25, 0.3) is 0 Å². The highest BCUT2D eigenvalue weighted by Gasteiger charge is 2.17. The van der Waals surface area contributed by atoms with Gasteiger partial charge in [0.1, 0.15) is 5.75 Å². The molecule has 0 aliphatic carbocycles. The fraction of sp³-hybridized carbons (Fsp3) is 0.533. The normalized spacial score (nSPS) is 12.4. The fourth-order valence-corrected chi connectivity index (χ4v) is 2.12. The molecule has 0 radical (unpaired) electrons. The fourth-order valence-electron chi connectivity index (χ4n) is 2.12. The third-order valence-corrected chi connectivity index (χ3v) is 3.13. The summed E-state index contributed by atoms with van der Waals surface area (Å²) in [6.07, 6.45) is 0.674. The molecule has 0 unspecified atom stereocenters. The molecule has 106 valence electrons. The average molecular weight is 264 g/mol. The Labute approximate surface area is 115 Å². The molecule has 4 nitrogen and oxygen atoms in total. The molecular weight excluding hydrogens is 240 g/mol. The number of rotatable bonds is 5. The van der Waals surface area contributed by atoms with Crippen LogP contribution in [-0.4, -0.2) is 19.1 Å². The molecule has 0 saturated carbocycles. The SMILES string of the molecule is COc1c(C)ccc(NC(=O)[C@@H](N)CC(C)C)c1C. The number of anilines is 1. The summed E-state index contributed by atoms with van der Waals surface area (Å²) in [7, 11) is 1.63. The predicted octanol–water partition coefficient (Wildman–Crippen LogP) is 2.62. The highest BCUT2D eigenvalue weighted by molar-refractivity contribution is 5.95. The van der Waals surface area contributed by atoms with Crippen molar-refractivity contribution in [3.05, 3.63) is 23.3 Å². The largest absolute Gasteiger partial charge is 0.496 e. The highest BCUT2D eigenvalue weighted by Crippen LogP contribution is 2.29. The van der Waals surface area contributed by atoms with E-state index in [1.54, 1.807) is 7.11 Å². The van der Waals surface area contributed by atoms with Crippen LogP contribution in [0.1, 0.15) is 31.4 Å². The number of hydrogen-bond acceptors (Lipinski definition) is 3. The van der Waals surface area contributed by atoms with Crippen LogP contribution in [0.2, 0.25) is 0 Å². The minimum atomic E-state index is -0.480. The Hall–Kier alpha value is -1.55. The van der Waals surface area contributed by atoms with Gasteiger partial charge in [-0.1, -0.05) is 19.9 Å². The Morgan fingerprint density at radius 3 is 2.53 bits per heavy atom. The zero-order valence-electron chi connectivity index (χ0n) is 12.4. The molecular formula is C15H24N2O2. The molecule has 1 aromatic rings. The second kappa shape index (κ2) is 6.57. The third kappa shape index (κ3) is 3.96. The summed E-state index contributed by atoms with van der Waals surface area (Å²) < 4.78 is 5.34. The zero-order valence-corrected chi connectivity index (χ0v) is 12.4. The maximum Gasteiger partial charge on any atom is 0.241 e. The topological polar surface area (TPSA) is 64.3 Å². The molecule has 0 spiro atoms. The summed E-state index contributed by atoms with van der Waals surface area (Å²) in [6, 6.07) is 3.33. The lowest BCUT2D eigenvalue weighted by Gasteiger charge is -2.17. The van der Waals surface area contributed by atoms with Gasteiger partial charge in [-0.2, -0.15) is 0 Å². The second-order valence-corrected chi connectivity index (χ2v) is 5.31. The van der Waals surface area contributed by atoms with Crippen LogP contribution in [0.3, 0.4) is 0 Å². The molecule has 1 atom stereocenters. The van der Waals surface area contributed by atoms with Crippen molar-refractivity contribution in [2.45, 2.75) is 40.2 Å². The van der Waals surface area contributed by atoms with E-state index >= 15 is 0 Å². The van der Waals surface area contributed by atoms with Crippen molar-refractivity contribution in [2.24, 2.45) is 11.7 Å². The number of hydrogen-bond donors (Lipinski definition) is 2. The minimum Gasteiger partial charge on any atom is -0.496 e. The lowest BCUT2D eigenvalue weighted by Crippen LogP contribution is -2.36. The van der Waals surface area contributed by atoms with Crippen LogP contribution in [0.4, 0.5) is 5.69 Å². The maximum absolute atomic E-state index is 12.0. The van der Waals surface area contributed by atoms with Crippen LogP contribution in [-0.2, 0) is 4.79 Å². The summed E-state index contributed by atoms with van der Waals surface area (Å²) in [4.78, 5) is 12.0. The van der Waals surface area contributed by atoms with Gasteiger partial charge < -0.3 is 15.8 Å². The van der Waals surface area contributed by atoms with Crippen LogP contribution < -0.4 is 15.8 Å². The lowest BCUT2D eigenvalue weighted by atomic mass is 10.0. The van der Waals surface area contributed by atoms with E-state index in [1.807, 2.05) is 39.8 Å². The lowest BCUT2D eigenvalue weighted by molar-refractivity contribution is -0.117. The van der Waals surface area contributed by atoms with E-state index in [-0.39, 0.29) is 5.91 Å². The van der Waals surface area contributed by atoms with Crippen LogP contribution in [0, 0.1) is 19.8 Å². The van der Waals surface area contributed by atoms with E-state index in [9.17, 15) is 4.79 Å². The molecule has 0 heterocycles. The van der Waals surface area contributed by atoms with Gasteiger partial charge in [0.15, 0.2) is 0 Å². The van der Waals surface area contributed by atoms with Crippen LogP contribution >= 0.6 is 0 Å². The van der Waals surface area contributed by atoms with E-state index in [0.29, 0.717) is 12.3 Å². The van der Waals surface area contributed by atoms with Crippen molar-refractivity contribution in [3.8, 4) is 5.75 Å². The smallest absolute Gasteiger partial charge is 0.241 e. The average Bonchev–Trinajstić information content (AvgIpc) is 2.32. The second-order valence-electron chi connectivity index (χ2n) is 5.31. The third-order valence-electron chi connectivity index (χ3n) is 3.13. The summed E-state index contributed by atoms with van der Waals surface area (Å²) in [5.41, 5.74) is 8.60. The number of benzene rings is 1. The molecule has 1 amide bonds. The van der Waals surface area contributed by atoms with Gasteiger partial charge in [0.05, 0.1) is 13.2 Å². The number of carbonyl (C=O) groups excluding carboxylic acids is 1. The van der Waals surface area contributed by atoms with Crippen LogP contribution in [0.5, 0.6) is 5.75 Å². The van der Waals surface area contributed by atoms with Crippen LogP contribution in [0.25, 0.3) is 0 Å². The molecule has 0 aromatic heterocycles. The summed E-state index contributed by atoms with van der Waals surface area (Å²) >= 11 is 0. The van der Waals surface area contributed by atoms with Gasteiger partial charge >= 0.3 is 0 Å². The minimum absolute atomic E-state index is 0.150. The molecule has 0 aliphatic rings. The number of nitrogens with two attached hydrogens (primary N) is 1. The van der Waals surface area contributed by atoms with Gasteiger partial charge in [-0.25, -0.2) is 0 Å². The summed E-state index contributed by atoms with van der Waals surface area (Å²) in [5.74, 6) is 1.05. The van der Waals surface area contributed by atoms with E-state index in [0.717, 1.165) is 22.6 Å². The van der Waals surface area contributed by atoms with Gasteiger partial charge in [-0.3, -0.25) is 4.79 Å². The standard InChI is InChI=1S/C15H24N2O2/c1-9(2)8-12(16)15(18)17-13-7-6-10(3)14(19-5)11(13)4/h6-7,9,12H,8,16H2,1-5H3,(H,17,18)/t12-/m0/s1. The van der Waals surface area contributed by atoms with Crippen molar-refractivity contribution in [3.63, 3.8) is 0 Å². The first-order valence-electron chi connectivity index (χ1n) is 6.57. The van der Waals surface area contributed by atoms with Gasteiger partial charge in [-0.05, 0) is 37.8 Å². The monoisotopic (exact) mass is 264 g/mol. The molecule has 0 aliphatic heterocycles. The van der Waals surface area contributed by atoms with E-state index < -0.39 is 6.04 Å². The molecule has 1 aromatic carbocycles. The molecule has 19 heavy (non-hydrogen) atoms. The first kappa shape index (κ1) is 15.5. The zero-order chi connectivity index (χ0) is 14.6. The number of amides is 1. The summed E-state index contributed by atoms with van der Waals surface area (Å²) in [5, 5.41) is 2.87. The molecule has 0 bridgehead atoms. The Balaban J connectivity index is 2.86. The maximum atomic E-state index is 12.0. The summed E-state index contributed by atoms with van der Waals surface area (Å²) in [6.45, 7) is 8.00. The number of carbonyl (C=O) groups is 1. The predicted molar refractivity (Wildman–Crippen MR) is 78.5 cm³/mol. The number of ether oxygens (including phenoxy) is 1. The van der Waals surface area contributed by atoms with E-state index in [1.165, 1.54) is 0 Å². The molecule has 0 fully saturated rings. The number of methoxy groups -OCH3 is 1. The van der Waals surface area contributed by atoms with Crippen molar-refractivity contribution in [1.82, 2.24) is 0 Å². The van der Waals surface area contributed by atoms with Crippen molar-refractivity contribution < 1.29 is 9.53 Å². The Morgan fingerprint density at radius 1 is 1.37 bits per heavy atom. The molecule has 4 heteroatoms. The van der Waals surface area contributed by atoms with Gasteiger partial charge in [-0.15, -0.1) is 0 Å². The Kier molecular flexibility index (Phi) is 5.36. The van der Waals surface area contributed by atoms with Crippen LogP contribution in [0.15, 0.2) is 12.1 Å². The molecule has 0 saturated heterocycles. The number of nitrogens with one attached hydrogen (secondary N) is 1. The van der Waals surface area contributed by atoms with E-state index in [2.05, 4.69) is 5.32 Å². The highest BCUT2D eigenvalue weighted by atomic mass is 16.5. The van der Waals surface area contributed by atoms with Crippen molar-refractivity contribution in [2.75, 3.05) is 12.4 Å². The first-order chi connectivity index (χ1) is 8.86. The van der Waals surface area contributed by atoms with Gasteiger partial charge in [0, 0.05) is 11.3 Å². The Morgan fingerprint density at radius 2 is 2.00 bits per heavy atom. The molecule has 3 N–H and O–H groups in total. The quantitative estimate of drug-likeness (QED) is 0.859. The van der Waals surface area contributed by atoms with E-state index in [4.69, 9.17) is 10.5 Å². The van der Waals surface area contributed by atoms with Crippen molar-refractivity contribution in [1.29, 1.82) is 0 Å². The van der Waals surface area contributed by atoms with Gasteiger partial charge in [0.2, 0.25) is 5.91 Å². The first-order valence-corrected chi connectivity index (χ1v) is 6.57. The molecule has 1 rings (SSSR count). The Bertz CT molecular complexity index is 456.